The number of alkyl halides is 2. The lowest BCUT2D eigenvalue weighted by molar-refractivity contribution is 0.0615. The van der Waals surface area contributed by atoms with Crippen LogP contribution in [0, 0.1) is 0 Å². The summed E-state index contributed by atoms with van der Waals surface area (Å²) in [6.45, 7) is -2.18. The van der Waals surface area contributed by atoms with Crippen molar-refractivity contribution in [3.63, 3.8) is 0 Å². The number of rotatable bonds is 9. The molecule has 11 nitrogen and oxygen atoms in total. The summed E-state index contributed by atoms with van der Waals surface area (Å²) in [5.74, 6) is -0.741. The van der Waals surface area contributed by atoms with Crippen molar-refractivity contribution in [3.05, 3.63) is 30.1 Å². The quantitative estimate of drug-likeness (QED) is 0.403. The normalized spacial score (nSPS) is 12.3. The van der Waals surface area contributed by atoms with Crippen LogP contribution in [0.4, 0.5) is 26.2 Å². The molecule has 0 aliphatic rings. The second-order valence-corrected chi connectivity index (χ2v) is 6.06. The fourth-order valence-corrected chi connectivity index (χ4v) is 2.56. The molecule has 0 unspecified atom stereocenters. The molecule has 0 radical (unpaired) electrons. The summed E-state index contributed by atoms with van der Waals surface area (Å²) in [7, 11) is 1.53. The Kier molecular flexibility index (Phi) is 6.09. The Morgan fingerprint density at radius 2 is 2.14 bits per heavy atom. The Hall–Kier alpha value is -3.45. The van der Waals surface area contributed by atoms with E-state index in [9.17, 15) is 13.6 Å². The Labute approximate surface area is 163 Å². The molecule has 154 valence electrons. The molecule has 0 spiro atoms. The second-order valence-electron chi connectivity index (χ2n) is 6.06. The van der Waals surface area contributed by atoms with Crippen molar-refractivity contribution in [2.45, 2.75) is 12.6 Å². The lowest BCUT2D eigenvalue weighted by Gasteiger charge is -2.13. The molecule has 0 fully saturated rings. The second kappa shape index (κ2) is 8.70. The number of hydrogen-bond donors (Lipinski definition) is 4. The van der Waals surface area contributed by atoms with Crippen molar-refractivity contribution < 1.29 is 18.3 Å². The Balaban J connectivity index is 1.88. The molecule has 3 rings (SSSR count). The molecule has 0 bridgehead atoms. The van der Waals surface area contributed by atoms with E-state index in [1.165, 1.54) is 19.4 Å². The number of nitrogens with two attached hydrogens (primary N) is 2. The van der Waals surface area contributed by atoms with Crippen LogP contribution in [-0.4, -0.2) is 57.2 Å². The van der Waals surface area contributed by atoms with Gasteiger partial charge in [0, 0.05) is 30.8 Å². The Morgan fingerprint density at radius 3 is 2.83 bits per heavy atom. The molecule has 0 saturated heterocycles. The van der Waals surface area contributed by atoms with Gasteiger partial charge in [-0.3, -0.25) is 4.79 Å². The standard InChI is InChI=1S/C16H19F2N9O2/c1-29-7-9(19)6-21-16-24-14(12(13(20)28)25-26-16)23-10-3-2-8-5-22-27(15(17)18)11(8)4-10/h2-5,9,15H,6-7,19H2,1H3,(H2,20,28)(H2,21,23,24,26)/t9-/m1/s1. The number of hydrogen-bond acceptors (Lipinski definition) is 9. The van der Waals surface area contributed by atoms with Gasteiger partial charge in [-0.2, -0.15) is 18.9 Å². The fraction of sp³-hybridized carbons (Fsp3) is 0.312. The molecule has 1 aromatic carbocycles. The zero-order valence-electron chi connectivity index (χ0n) is 15.3. The van der Waals surface area contributed by atoms with Crippen molar-refractivity contribution in [2.24, 2.45) is 11.5 Å². The topological polar surface area (TPSA) is 159 Å². The van der Waals surface area contributed by atoms with Crippen LogP contribution < -0.4 is 22.1 Å². The number of ether oxygens (including phenoxy) is 1. The third-order valence-corrected chi connectivity index (χ3v) is 3.87. The van der Waals surface area contributed by atoms with E-state index >= 15 is 0 Å². The minimum Gasteiger partial charge on any atom is -0.383 e. The summed E-state index contributed by atoms with van der Waals surface area (Å²) in [5.41, 5.74) is 11.5. The molecular formula is C16H19F2N9O2. The van der Waals surface area contributed by atoms with Crippen LogP contribution >= 0.6 is 0 Å². The number of nitrogens with one attached hydrogen (secondary N) is 2. The summed E-state index contributed by atoms with van der Waals surface area (Å²) >= 11 is 0. The zero-order valence-corrected chi connectivity index (χ0v) is 15.3. The van der Waals surface area contributed by atoms with E-state index in [0.717, 1.165) is 0 Å². The van der Waals surface area contributed by atoms with Crippen LogP contribution in [0.15, 0.2) is 24.4 Å². The number of carbonyl (C=O) groups is 1. The molecule has 2 heterocycles. The molecule has 29 heavy (non-hydrogen) atoms. The number of carbonyl (C=O) groups excluding carboxylic acids is 1. The monoisotopic (exact) mass is 407 g/mol. The van der Waals surface area contributed by atoms with Gasteiger partial charge in [0.05, 0.1) is 18.3 Å². The van der Waals surface area contributed by atoms with Gasteiger partial charge < -0.3 is 26.8 Å². The van der Waals surface area contributed by atoms with Gasteiger partial charge in [-0.1, -0.05) is 0 Å². The van der Waals surface area contributed by atoms with E-state index in [0.29, 0.717) is 28.9 Å². The summed E-state index contributed by atoms with van der Waals surface area (Å²) in [4.78, 5) is 15.8. The number of amides is 1. The largest absolute Gasteiger partial charge is 0.383 e. The van der Waals surface area contributed by atoms with Gasteiger partial charge >= 0.3 is 6.55 Å². The summed E-state index contributed by atoms with van der Waals surface area (Å²) in [5, 5.41) is 17.5. The maximum Gasteiger partial charge on any atom is 0.333 e. The van der Waals surface area contributed by atoms with E-state index in [1.54, 1.807) is 12.1 Å². The van der Waals surface area contributed by atoms with Crippen molar-refractivity contribution in [1.29, 1.82) is 0 Å². The smallest absolute Gasteiger partial charge is 0.333 e. The maximum atomic E-state index is 13.1. The first-order chi connectivity index (χ1) is 13.9. The molecule has 0 aliphatic heterocycles. The van der Waals surface area contributed by atoms with Crippen molar-refractivity contribution >= 4 is 34.3 Å². The van der Waals surface area contributed by atoms with E-state index in [2.05, 4.69) is 30.9 Å². The highest BCUT2D eigenvalue weighted by atomic mass is 19.3. The van der Waals surface area contributed by atoms with E-state index in [1.807, 2.05) is 0 Å². The zero-order chi connectivity index (χ0) is 21.0. The lowest BCUT2D eigenvalue weighted by Crippen LogP contribution is -2.34. The molecule has 6 N–H and O–H groups in total. The van der Waals surface area contributed by atoms with Crippen molar-refractivity contribution in [3.8, 4) is 0 Å². The van der Waals surface area contributed by atoms with Crippen LogP contribution in [0.1, 0.15) is 17.0 Å². The van der Waals surface area contributed by atoms with E-state index < -0.39 is 12.5 Å². The number of nitrogens with zero attached hydrogens (tertiary/aromatic N) is 5. The predicted octanol–water partition coefficient (Wildman–Crippen LogP) is 0.844. The third-order valence-electron chi connectivity index (χ3n) is 3.87. The first-order valence-corrected chi connectivity index (χ1v) is 8.44. The molecule has 0 saturated carbocycles. The van der Waals surface area contributed by atoms with E-state index in [-0.39, 0.29) is 29.0 Å². The first kappa shape index (κ1) is 20.3. The minimum atomic E-state index is -2.79. The molecular weight excluding hydrogens is 388 g/mol. The highest BCUT2D eigenvalue weighted by Gasteiger charge is 2.17. The average molecular weight is 407 g/mol. The highest BCUT2D eigenvalue weighted by molar-refractivity contribution is 5.96. The van der Waals surface area contributed by atoms with Crippen LogP contribution in [0.3, 0.4) is 0 Å². The lowest BCUT2D eigenvalue weighted by atomic mass is 10.2. The number of halogens is 2. The molecule has 0 aliphatic carbocycles. The van der Waals surface area contributed by atoms with Gasteiger partial charge in [-0.25, -0.2) is 4.68 Å². The molecule has 2 aromatic heterocycles. The Bertz CT molecular complexity index is 1010. The van der Waals surface area contributed by atoms with E-state index in [4.69, 9.17) is 16.2 Å². The van der Waals surface area contributed by atoms with Crippen LogP contribution in [0.5, 0.6) is 0 Å². The summed E-state index contributed by atoms with van der Waals surface area (Å²) in [6.07, 6.45) is 1.33. The number of benzene rings is 1. The van der Waals surface area contributed by atoms with Crippen molar-refractivity contribution in [2.75, 3.05) is 30.9 Å². The minimum absolute atomic E-state index is 0.0118. The first-order valence-electron chi connectivity index (χ1n) is 8.44. The molecule has 1 atom stereocenters. The van der Waals surface area contributed by atoms with Gasteiger partial charge in [-0.05, 0) is 18.2 Å². The van der Waals surface area contributed by atoms with Gasteiger partial charge in [-0.15, -0.1) is 10.2 Å². The molecule has 1 amide bonds. The fourth-order valence-electron chi connectivity index (χ4n) is 2.56. The SMILES string of the molecule is COC[C@H](N)CNc1nnc(C(N)=O)c(Nc2ccc3cnn(C(F)F)c3c2)n1. The van der Waals surface area contributed by atoms with Crippen LogP contribution in [0.25, 0.3) is 10.9 Å². The number of fused-ring (bicyclic) bond motifs is 1. The van der Waals surface area contributed by atoms with Crippen LogP contribution in [0.2, 0.25) is 0 Å². The maximum absolute atomic E-state index is 13.1. The van der Waals surface area contributed by atoms with Gasteiger partial charge in [0.25, 0.3) is 5.91 Å². The summed E-state index contributed by atoms with van der Waals surface area (Å²) < 4.78 is 31.7. The average Bonchev–Trinajstić information content (AvgIpc) is 3.10. The molecule has 13 heteroatoms. The highest BCUT2D eigenvalue weighted by Crippen LogP contribution is 2.25. The number of methoxy groups -OCH3 is 1. The van der Waals surface area contributed by atoms with Crippen LogP contribution in [-0.2, 0) is 4.74 Å². The Morgan fingerprint density at radius 1 is 1.34 bits per heavy atom. The number of primary amides is 1. The number of anilines is 3. The number of aromatic nitrogens is 5. The third kappa shape index (κ3) is 4.70. The van der Waals surface area contributed by atoms with Gasteiger partial charge in [0.1, 0.15) is 0 Å². The van der Waals surface area contributed by atoms with Gasteiger partial charge in [0.2, 0.25) is 5.95 Å². The predicted molar refractivity (Wildman–Crippen MR) is 101 cm³/mol. The van der Waals surface area contributed by atoms with Crippen molar-refractivity contribution in [1.82, 2.24) is 25.0 Å². The molecule has 3 aromatic rings. The van der Waals surface area contributed by atoms with Gasteiger partial charge in [0.15, 0.2) is 11.5 Å². The summed E-state index contributed by atoms with van der Waals surface area (Å²) in [6, 6.07) is 4.36.